The lowest BCUT2D eigenvalue weighted by atomic mass is 9.91. The first kappa shape index (κ1) is 32.6. The van der Waals surface area contributed by atoms with Crippen molar-refractivity contribution < 1.29 is 40.7 Å². The monoisotopic (exact) mass is 693 g/mol. The van der Waals surface area contributed by atoms with E-state index in [1.165, 1.54) is 18.2 Å². The summed E-state index contributed by atoms with van der Waals surface area (Å²) in [4.78, 5) is 21.5. The molecule has 1 aliphatic heterocycles. The number of halogens is 5. The maximum Gasteiger partial charge on any atom is 0.387 e. The van der Waals surface area contributed by atoms with Gasteiger partial charge in [0.05, 0.1) is 5.88 Å². The third-order valence-corrected chi connectivity index (χ3v) is 8.99. The van der Waals surface area contributed by atoms with E-state index >= 15 is 0 Å². The van der Waals surface area contributed by atoms with Crippen molar-refractivity contribution in [3.05, 3.63) is 88.5 Å². The van der Waals surface area contributed by atoms with Crippen LogP contribution >= 0.6 is 11.6 Å². The highest BCUT2D eigenvalue weighted by Crippen LogP contribution is 2.39. The van der Waals surface area contributed by atoms with Gasteiger partial charge in [-0.05, 0) is 79.8 Å². The number of aromatic nitrogens is 2. The van der Waals surface area contributed by atoms with E-state index < -0.39 is 30.3 Å². The molecule has 0 bridgehead atoms. The van der Waals surface area contributed by atoms with Crippen LogP contribution in [0.3, 0.4) is 0 Å². The number of nitrogens with one attached hydrogen (secondary N) is 1. The summed E-state index contributed by atoms with van der Waals surface area (Å²) >= 11 is 5.78. The molecule has 1 atom stereocenters. The molecule has 3 heterocycles. The van der Waals surface area contributed by atoms with Crippen LogP contribution in [-0.2, 0) is 22.0 Å². The molecule has 2 aromatic heterocycles. The molecule has 0 saturated carbocycles. The Balaban J connectivity index is 1.23. The van der Waals surface area contributed by atoms with Crippen LogP contribution in [0, 0.1) is 25.5 Å². The number of alkyl halides is 3. The molecular formula is C36H28ClF4N3O5. The van der Waals surface area contributed by atoms with Crippen molar-refractivity contribution in [1.82, 2.24) is 15.3 Å². The topological polar surface area (TPSA) is 99.6 Å². The van der Waals surface area contributed by atoms with Crippen LogP contribution in [0.25, 0.3) is 56.2 Å². The van der Waals surface area contributed by atoms with Crippen LogP contribution in [0.4, 0.5) is 17.6 Å². The molecule has 1 fully saturated rings. The number of hydrogen-bond donors (Lipinski definition) is 1. The number of carbonyl (C=O) groups is 1. The Morgan fingerprint density at radius 1 is 0.918 bits per heavy atom. The molecule has 13 heteroatoms. The summed E-state index contributed by atoms with van der Waals surface area (Å²) in [6.07, 6.45) is 1.48. The summed E-state index contributed by atoms with van der Waals surface area (Å²) in [7, 11) is 0. The van der Waals surface area contributed by atoms with E-state index in [9.17, 15) is 22.4 Å². The van der Waals surface area contributed by atoms with Gasteiger partial charge < -0.3 is 23.6 Å². The van der Waals surface area contributed by atoms with Gasteiger partial charge in [-0.1, -0.05) is 24.3 Å². The molecule has 1 saturated heterocycles. The standard InChI is InChI=1S/C36H28ClF4N3O5/c1-17-21(22-7-4-9-24(18(22)2)34-44-27-12-19(15-37)30(38)31(39)32(27)49-34)6-3-8-23(17)33-43-26-13-20(16-46-35(45)25-10-5-11-42-25)28(48-36(40)41)14-29(26)47-33/h3-4,6-9,12-14,25,36,42H,5,10-11,15-16H2,1-2H3/t25-/m0/s1. The van der Waals surface area contributed by atoms with Crippen LogP contribution in [0.5, 0.6) is 5.75 Å². The molecule has 6 aromatic rings. The first-order chi connectivity index (χ1) is 23.6. The molecule has 7 rings (SSSR count). The summed E-state index contributed by atoms with van der Waals surface area (Å²) in [5, 5.41) is 3.05. The van der Waals surface area contributed by atoms with Gasteiger partial charge in [-0.3, -0.25) is 4.79 Å². The van der Waals surface area contributed by atoms with E-state index in [-0.39, 0.29) is 57.8 Å². The van der Waals surface area contributed by atoms with Crippen LogP contribution < -0.4 is 10.1 Å². The molecule has 1 N–H and O–H groups in total. The highest BCUT2D eigenvalue weighted by Gasteiger charge is 2.25. The number of fused-ring (bicyclic) bond motifs is 2. The predicted molar refractivity (Wildman–Crippen MR) is 174 cm³/mol. The van der Waals surface area contributed by atoms with Crippen molar-refractivity contribution in [2.75, 3.05) is 6.54 Å². The van der Waals surface area contributed by atoms with Crippen molar-refractivity contribution in [3.63, 3.8) is 0 Å². The molecule has 8 nitrogen and oxygen atoms in total. The van der Waals surface area contributed by atoms with Crippen molar-refractivity contribution >= 4 is 39.8 Å². The average Bonchev–Trinajstić information content (AvgIpc) is 3.86. The maximum absolute atomic E-state index is 14.7. The zero-order valence-electron chi connectivity index (χ0n) is 26.2. The highest BCUT2D eigenvalue weighted by atomic mass is 35.5. The number of nitrogens with zero attached hydrogens (tertiary/aromatic N) is 2. The van der Waals surface area contributed by atoms with E-state index in [1.54, 1.807) is 12.1 Å². The van der Waals surface area contributed by atoms with Crippen LogP contribution in [0.1, 0.15) is 35.1 Å². The zero-order valence-corrected chi connectivity index (χ0v) is 27.0. The summed E-state index contributed by atoms with van der Waals surface area (Å²) in [6, 6.07) is 14.8. The summed E-state index contributed by atoms with van der Waals surface area (Å²) < 4.78 is 77.7. The van der Waals surface area contributed by atoms with E-state index in [0.717, 1.165) is 28.7 Å². The fraction of sp³-hybridized carbons (Fsp3) is 0.250. The maximum atomic E-state index is 14.7. The predicted octanol–water partition coefficient (Wildman–Crippen LogP) is 9.00. The second-order valence-electron chi connectivity index (χ2n) is 11.7. The summed E-state index contributed by atoms with van der Waals surface area (Å²) in [5.74, 6) is -2.73. The first-order valence-electron chi connectivity index (χ1n) is 15.4. The Bertz CT molecular complexity index is 2230. The molecule has 252 valence electrons. The van der Waals surface area contributed by atoms with Crippen molar-refractivity contribution in [2.24, 2.45) is 0 Å². The van der Waals surface area contributed by atoms with Gasteiger partial charge in [0.1, 0.15) is 29.4 Å². The zero-order chi connectivity index (χ0) is 34.4. The SMILES string of the molecule is Cc1c(-c2nc3cc(COC(=O)[C@@H]4CCCN4)c(OC(F)F)cc3o2)cccc1-c1cccc(-c2nc3cc(CCl)c(F)c(F)c3o2)c1C. The van der Waals surface area contributed by atoms with Crippen LogP contribution in [-0.4, -0.2) is 35.1 Å². The minimum Gasteiger partial charge on any atom is -0.460 e. The Labute approximate surface area is 282 Å². The van der Waals surface area contributed by atoms with Gasteiger partial charge in [-0.25, -0.2) is 14.4 Å². The van der Waals surface area contributed by atoms with Crippen LogP contribution in [0.15, 0.2) is 63.4 Å². The number of oxazole rings is 2. The molecule has 4 aromatic carbocycles. The number of esters is 1. The largest absolute Gasteiger partial charge is 0.460 e. The molecule has 49 heavy (non-hydrogen) atoms. The molecular weight excluding hydrogens is 666 g/mol. The molecule has 0 spiro atoms. The highest BCUT2D eigenvalue weighted by molar-refractivity contribution is 6.17. The minimum atomic E-state index is -3.11. The van der Waals surface area contributed by atoms with Gasteiger partial charge in [0.15, 0.2) is 17.0 Å². The third kappa shape index (κ3) is 6.10. The second-order valence-corrected chi connectivity index (χ2v) is 12.0. The molecule has 1 aliphatic rings. The second kappa shape index (κ2) is 13.2. The average molecular weight is 694 g/mol. The minimum absolute atomic E-state index is 0.0158. The number of ether oxygens (including phenoxy) is 2. The third-order valence-electron chi connectivity index (χ3n) is 8.70. The molecule has 0 amide bonds. The number of hydrogen-bond acceptors (Lipinski definition) is 8. The fourth-order valence-corrected chi connectivity index (χ4v) is 6.35. The Kier molecular flexibility index (Phi) is 8.76. The van der Waals surface area contributed by atoms with Gasteiger partial charge in [-0.2, -0.15) is 13.2 Å². The van der Waals surface area contributed by atoms with Crippen LogP contribution in [0.2, 0.25) is 0 Å². The summed E-state index contributed by atoms with van der Waals surface area (Å²) in [5.41, 5.74) is 5.06. The lowest BCUT2D eigenvalue weighted by Crippen LogP contribution is -2.32. The molecule has 0 unspecified atom stereocenters. The first-order valence-corrected chi connectivity index (χ1v) is 16.0. The molecule has 0 aliphatic carbocycles. The van der Waals surface area contributed by atoms with Gasteiger partial charge in [0, 0.05) is 28.3 Å². The lowest BCUT2D eigenvalue weighted by molar-refractivity contribution is -0.147. The van der Waals surface area contributed by atoms with E-state index in [4.69, 9.17) is 29.9 Å². The quantitative estimate of drug-likeness (QED) is 0.0910. The number of rotatable bonds is 9. The van der Waals surface area contributed by atoms with Crippen molar-refractivity contribution in [3.8, 4) is 39.8 Å². The van der Waals surface area contributed by atoms with E-state index in [2.05, 4.69) is 15.3 Å². The normalized spacial score (nSPS) is 14.7. The van der Waals surface area contributed by atoms with Crippen molar-refractivity contribution in [2.45, 2.75) is 51.8 Å². The van der Waals surface area contributed by atoms with Gasteiger partial charge in [0.2, 0.25) is 17.6 Å². The van der Waals surface area contributed by atoms with Gasteiger partial charge >= 0.3 is 12.6 Å². The van der Waals surface area contributed by atoms with Gasteiger partial charge in [-0.15, -0.1) is 11.6 Å². The molecule has 0 radical (unpaired) electrons. The van der Waals surface area contributed by atoms with E-state index in [1.807, 2.05) is 38.1 Å². The number of carbonyl (C=O) groups excluding carboxylic acids is 1. The smallest absolute Gasteiger partial charge is 0.387 e. The summed E-state index contributed by atoms with van der Waals surface area (Å²) in [6.45, 7) is 1.08. The Hall–Kier alpha value is -4.94. The Morgan fingerprint density at radius 2 is 1.55 bits per heavy atom. The fourth-order valence-electron chi connectivity index (χ4n) is 6.15. The van der Waals surface area contributed by atoms with E-state index in [0.29, 0.717) is 29.6 Å². The van der Waals surface area contributed by atoms with Gasteiger partial charge in [0.25, 0.3) is 0 Å². The Morgan fingerprint density at radius 3 is 2.18 bits per heavy atom. The lowest BCUT2D eigenvalue weighted by Gasteiger charge is -2.14. The van der Waals surface area contributed by atoms with Crippen molar-refractivity contribution in [1.29, 1.82) is 0 Å². The number of benzene rings is 4.